The molecule has 0 spiro atoms. The van der Waals surface area contributed by atoms with Crippen molar-refractivity contribution in [3.63, 3.8) is 0 Å². The van der Waals surface area contributed by atoms with E-state index >= 15 is 0 Å². The van der Waals surface area contributed by atoms with Crippen LogP contribution >= 0.6 is 11.6 Å². The summed E-state index contributed by atoms with van der Waals surface area (Å²) in [5.41, 5.74) is 0.442. The molecule has 1 saturated heterocycles. The van der Waals surface area contributed by atoms with Gasteiger partial charge in [0.1, 0.15) is 6.04 Å². The first-order valence-electron chi connectivity index (χ1n) is 8.46. The summed E-state index contributed by atoms with van der Waals surface area (Å²) in [6.07, 6.45) is 3.25. The fraction of sp³-hybridized carbons (Fsp3) is 0.588. The number of hydrogen-bond donors (Lipinski definition) is 1. The Morgan fingerprint density at radius 2 is 1.88 bits per heavy atom. The summed E-state index contributed by atoms with van der Waals surface area (Å²) in [5, 5.41) is 3.54. The van der Waals surface area contributed by atoms with Gasteiger partial charge in [0.25, 0.3) is 0 Å². The van der Waals surface area contributed by atoms with E-state index in [4.69, 9.17) is 11.6 Å². The van der Waals surface area contributed by atoms with Gasteiger partial charge in [0, 0.05) is 11.1 Å². The highest BCUT2D eigenvalue weighted by Crippen LogP contribution is 2.24. The molecule has 140 valence electrons. The molecule has 6 nitrogen and oxygen atoms in total. The number of benzene rings is 1. The molecule has 1 N–H and O–H groups in total. The largest absolute Gasteiger partial charge is 0.351 e. The number of sulfonamides is 1. The fourth-order valence-corrected chi connectivity index (χ4v) is 4.44. The predicted molar refractivity (Wildman–Crippen MR) is 102 cm³/mol. The molecule has 1 fully saturated rings. The summed E-state index contributed by atoms with van der Waals surface area (Å²) >= 11 is 5.90. The van der Waals surface area contributed by atoms with Gasteiger partial charge in [-0.05, 0) is 63.7 Å². The van der Waals surface area contributed by atoms with Crippen LogP contribution in [0.5, 0.6) is 0 Å². The van der Waals surface area contributed by atoms with E-state index in [-0.39, 0.29) is 11.9 Å². The predicted octanol–water partition coefficient (Wildman–Crippen LogP) is 2.10. The fourth-order valence-electron chi connectivity index (χ4n) is 3.10. The van der Waals surface area contributed by atoms with E-state index in [9.17, 15) is 13.2 Å². The van der Waals surface area contributed by atoms with E-state index in [0.717, 1.165) is 32.2 Å². The molecular formula is C17H26ClN3O3S. The summed E-state index contributed by atoms with van der Waals surface area (Å²) in [7, 11) is -1.56. The molecule has 0 aliphatic carbocycles. The Labute approximate surface area is 155 Å². The molecule has 2 rings (SSSR count). The Balaban J connectivity index is 2.21. The van der Waals surface area contributed by atoms with Gasteiger partial charge < -0.3 is 10.2 Å². The number of halogens is 1. The molecule has 1 heterocycles. The summed E-state index contributed by atoms with van der Waals surface area (Å²) in [6, 6.07) is 5.79. The van der Waals surface area contributed by atoms with Crippen molar-refractivity contribution in [3.8, 4) is 0 Å². The first-order chi connectivity index (χ1) is 11.7. The zero-order valence-corrected chi connectivity index (χ0v) is 16.5. The van der Waals surface area contributed by atoms with Gasteiger partial charge in [-0.15, -0.1) is 0 Å². The lowest BCUT2D eigenvalue weighted by molar-refractivity contribution is -0.123. The molecule has 25 heavy (non-hydrogen) atoms. The van der Waals surface area contributed by atoms with E-state index in [0.29, 0.717) is 17.1 Å². The number of hydrogen-bond acceptors (Lipinski definition) is 4. The zero-order valence-electron chi connectivity index (χ0n) is 14.9. The SMILES string of the molecule is CC[C@@H](C(=O)NC1CCN(C)CC1)N(c1ccc(Cl)cc1)S(C)(=O)=O. The number of rotatable bonds is 6. The van der Waals surface area contributed by atoms with Crippen LogP contribution in [0.4, 0.5) is 5.69 Å². The molecule has 0 bridgehead atoms. The van der Waals surface area contributed by atoms with Crippen molar-refractivity contribution in [2.75, 3.05) is 30.7 Å². The number of likely N-dealkylation sites (tertiary alicyclic amines) is 1. The monoisotopic (exact) mass is 387 g/mol. The molecule has 1 atom stereocenters. The molecule has 0 saturated carbocycles. The van der Waals surface area contributed by atoms with Crippen molar-refractivity contribution in [2.24, 2.45) is 0 Å². The number of piperidine rings is 1. The van der Waals surface area contributed by atoms with Crippen molar-refractivity contribution < 1.29 is 13.2 Å². The Hall–Kier alpha value is -1.31. The molecular weight excluding hydrogens is 362 g/mol. The quantitative estimate of drug-likeness (QED) is 0.811. The van der Waals surface area contributed by atoms with Crippen LogP contribution in [-0.2, 0) is 14.8 Å². The van der Waals surface area contributed by atoms with Gasteiger partial charge in [-0.3, -0.25) is 9.10 Å². The Morgan fingerprint density at radius 3 is 2.36 bits per heavy atom. The van der Waals surface area contributed by atoms with E-state index < -0.39 is 16.1 Å². The highest BCUT2D eigenvalue weighted by molar-refractivity contribution is 7.92. The Morgan fingerprint density at radius 1 is 1.32 bits per heavy atom. The zero-order chi connectivity index (χ0) is 18.6. The topological polar surface area (TPSA) is 69.7 Å². The summed E-state index contributed by atoms with van der Waals surface area (Å²) in [5.74, 6) is -0.252. The maximum atomic E-state index is 12.8. The van der Waals surface area contributed by atoms with Gasteiger partial charge in [-0.1, -0.05) is 18.5 Å². The highest BCUT2D eigenvalue weighted by atomic mass is 35.5. The maximum Gasteiger partial charge on any atom is 0.244 e. The lowest BCUT2D eigenvalue weighted by atomic mass is 10.0. The van der Waals surface area contributed by atoms with Crippen LogP contribution in [0.15, 0.2) is 24.3 Å². The van der Waals surface area contributed by atoms with Crippen LogP contribution in [0.1, 0.15) is 26.2 Å². The van der Waals surface area contributed by atoms with Crippen LogP contribution in [0.25, 0.3) is 0 Å². The lowest BCUT2D eigenvalue weighted by Crippen LogP contribution is -2.53. The Kier molecular flexibility index (Phi) is 6.71. The van der Waals surface area contributed by atoms with Gasteiger partial charge in [0.2, 0.25) is 15.9 Å². The van der Waals surface area contributed by atoms with Crippen molar-refractivity contribution in [2.45, 2.75) is 38.3 Å². The van der Waals surface area contributed by atoms with Crippen LogP contribution in [0.2, 0.25) is 5.02 Å². The van der Waals surface area contributed by atoms with Crippen LogP contribution in [-0.4, -0.2) is 57.7 Å². The number of nitrogens with one attached hydrogen (secondary N) is 1. The molecule has 1 aromatic rings. The van der Waals surface area contributed by atoms with E-state index in [1.807, 2.05) is 6.92 Å². The average Bonchev–Trinajstić information content (AvgIpc) is 2.54. The number of amides is 1. The smallest absolute Gasteiger partial charge is 0.244 e. The highest BCUT2D eigenvalue weighted by Gasteiger charge is 2.32. The molecule has 1 aliphatic rings. The Bertz CT molecular complexity index is 686. The minimum Gasteiger partial charge on any atom is -0.351 e. The minimum atomic E-state index is -3.62. The first-order valence-corrected chi connectivity index (χ1v) is 10.7. The first kappa shape index (κ1) is 20.0. The lowest BCUT2D eigenvalue weighted by Gasteiger charge is -2.34. The number of carbonyl (C=O) groups is 1. The van der Waals surface area contributed by atoms with Crippen molar-refractivity contribution in [3.05, 3.63) is 29.3 Å². The third-order valence-electron chi connectivity index (χ3n) is 4.48. The van der Waals surface area contributed by atoms with Crippen molar-refractivity contribution >= 4 is 33.2 Å². The van der Waals surface area contributed by atoms with Crippen molar-refractivity contribution in [1.29, 1.82) is 0 Å². The van der Waals surface area contributed by atoms with Crippen LogP contribution < -0.4 is 9.62 Å². The van der Waals surface area contributed by atoms with E-state index in [1.54, 1.807) is 24.3 Å². The normalized spacial score (nSPS) is 17.9. The summed E-state index contributed by atoms with van der Waals surface area (Å²) in [6.45, 7) is 3.66. The average molecular weight is 388 g/mol. The maximum absolute atomic E-state index is 12.8. The van der Waals surface area contributed by atoms with Gasteiger partial charge >= 0.3 is 0 Å². The third kappa shape index (κ3) is 5.33. The number of carbonyl (C=O) groups excluding carboxylic acids is 1. The second-order valence-electron chi connectivity index (χ2n) is 6.55. The molecule has 1 amide bonds. The van der Waals surface area contributed by atoms with Gasteiger partial charge in [0.05, 0.1) is 11.9 Å². The second kappa shape index (κ2) is 8.38. The van der Waals surface area contributed by atoms with Gasteiger partial charge in [0.15, 0.2) is 0 Å². The molecule has 0 radical (unpaired) electrons. The molecule has 1 aromatic carbocycles. The standard InChI is InChI=1S/C17H26ClN3O3S/c1-4-16(17(22)19-14-9-11-20(2)12-10-14)21(25(3,23)24)15-7-5-13(18)6-8-15/h5-8,14,16H,4,9-12H2,1-3H3,(H,19,22)/t16-/m0/s1. The van der Waals surface area contributed by atoms with Crippen LogP contribution in [0, 0.1) is 0 Å². The van der Waals surface area contributed by atoms with E-state index in [1.165, 1.54) is 4.31 Å². The molecule has 0 unspecified atom stereocenters. The third-order valence-corrected chi connectivity index (χ3v) is 5.91. The summed E-state index contributed by atoms with van der Waals surface area (Å²) in [4.78, 5) is 15.0. The summed E-state index contributed by atoms with van der Waals surface area (Å²) < 4.78 is 25.9. The number of nitrogens with zero attached hydrogens (tertiary/aromatic N) is 2. The van der Waals surface area contributed by atoms with Crippen molar-refractivity contribution in [1.82, 2.24) is 10.2 Å². The van der Waals surface area contributed by atoms with E-state index in [2.05, 4.69) is 17.3 Å². The van der Waals surface area contributed by atoms with Gasteiger partial charge in [-0.25, -0.2) is 8.42 Å². The number of anilines is 1. The minimum absolute atomic E-state index is 0.0874. The molecule has 1 aliphatic heterocycles. The molecule has 8 heteroatoms. The second-order valence-corrected chi connectivity index (χ2v) is 8.84. The van der Waals surface area contributed by atoms with Crippen LogP contribution in [0.3, 0.4) is 0 Å². The molecule has 0 aromatic heterocycles. The van der Waals surface area contributed by atoms with Gasteiger partial charge in [-0.2, -0.15) is 0 Å².